The second kappa shape index (κ2) is 12.0. The maximum Gasteiger partial charge on any atom is 0.126 e. The summed E-state index contributed by atoms with van der Waals surface area (Å²) < 4.78 is 24.1. The van der Waals surface area contributed by atoms with Crippen LogP contribution in [0.1, 0.15) is 126 Å². The summed E-state index contributed by atoms with van der Waals surface area (Å²) in [4.78, 5) is 0. The topological polar surface area (TPSA) is 43.5 Å². The van der Waals surface area contributed by atoms with Gasteiger partial charge in [0.15, 0.2) is 0 Å². The minimum absolute atomic E-state index is 0.0784. The van der Waals surface area contributed by atoms with Crippen LogP contribution in [0.3, 0.4) is 0 Å². The van der Waals surface area contributed by atoms with Gasteiger partial charge in [0.1, 0.15) is 35.9 Å². The van der Waals surface area contributed by atoms with Crippen LogP contribution >= 0.6 is 0 Å². The molecule has 2 aliphatic rings. The van der Waals surface area contributed by atoms with Crippen LogP contribution in [0.4, 0.5) is 0 Å². The zero-order chi connectivity index (χ0) is 27.7. The molecule has 0 spiro atoms. The van der Waals surface area contributed by atoms with Crippen molar-refractivity contribution < 1.29 is 18.9 Å². The van der Waals surface area contributed by atoms with E-state index in [2.05, 4.69) is 93.5 Å². The fourth-order valence-electron chi connectivity index (χ4n) is 5.22. The van der Waals surface area contributed by atoms with Crippen LogP contribution in [0.5, 0.6) is 11.5 Å². The summed E-state index contributed by atoms with van der Waals surface area (Å²) in [6.45, 7) is 24.0. The van der Waals surface area contributed by atoms with Gasteiger partial charge in [-0.05, 0) is 83.7 Å². The van der Waals surface area contributed by atoms with E-state index in [4.69, 9.17) is 18.9 Å². The van der Waals surface area contributed by atoms with Crippen molar-refractivity contribution >= 4 is 0 Å². The van der Waals surface area contributed by atoms with Crippen molar-refractivity contribution in [1.82, 2.24) is 0 Å². The molecule has 0 amide bonds. The molecule has 4 unspecified atom stereocenters. The van der Waals surface area contributed by atoms with E-state index in [-0.39, 0.29) is 24.4 Å². The molecule has 2 aromatic carbocycles. The van der Waals surface area contributed by atoms with Crippen LogP contribution < -0.4 is 9.47 Å². The Hall–Kier alpha value is -2.04. The Morgan fingerprint density at radius 2 is 0.816 bits per heavy atom. The van der Waals surface area contributed by atoms with Crippen LogP contribution in [-0.4, -0.2) is 37.6 Å². The van der Waals surface area contributed by atoms with Crippen molar-refractivity contribution in [3.05, 3.63) is 57.6 Å². The fraction of sp³-hybridized carbons (Fsp3) is 0.647. The Bertz CT molecular complexity index is 946. The molecule has 0 N–H and O–H groups in total. The lowest BCUT2D eigenvalue weighted by molar-refractivity contribution is 0.172. The van der Waals surface area contributed by atoms with Gasteiger partial charge in [-0.3, -0.25) is 0 Å². The van der Waals surface area contributed by atoms with Crippen LogP contribution in [0.25, 0.3) is 0 Å². The number of epoxide rings is 2. The predicted octanol–water partition coefficient (Wildman–Crippen LogP) is 8.30. The van der Waals surface area contributed by atoms with Gasteiger partial charge in [-0.1, -0.05) is 79.7 Å². The van der Waals surface area contributed by atoms with E-state index in [1.807, 2.05) is 0 Å². The second-order valence-corrected chi connectivity index (χ2v) is 12.7. The van der Waals surface area contributed by atoms with E-state index < -0.39 is 0 Å². The predicted molar refractivity (Wildman–Crippen MR) is 156 cm³/mol. The Morgan fingerprint density at radius 3 is 1.03 bits per heavy atom. The lowest BCUT2D eigenvalue weighted by atomic mass is 9.88. The third-order valence-corrected chi connectivity index (χ3v) is 7.98. The smallest absolute Gasteiger partial charge is 0.126 e. The standard InChI is InChI=1S/C34H50O4/c1-19(2)27-13-25(14-28(20(3)4)33(27)37-23(9)31-17-35-31)11-12-26-15-29(21(5)6)34(30(16-26)22(7)8)38-24(10)32-18-36-32/h13-16,19-24,31-32H,11-12,17-18H2,1-10H3. The van der Waals surface area contributed by atoms with E-state index in [1.54, 1.807) is 0 Å². The van der Waals surface area contributed by atoms with Crippen molar-refractivity contribution in [2.45, 2.75) is 130 Å². The number of rotatable bonds is 13. The Balaban J connectivity index is 1.62. The molecule has 0 radical (unpaired) electrons. The molecule has 0 aliphatic carbocycles. The third-order valence-electron chi connectivity index (χ3n) is 7.98. The molecule has 38 heavy (non-hydrogen) atoms. The average molecular weight is 523 g/mol. The van der Waals surface area contributed by atoms with Gasteiger partial charge in [-0.25, -0.2) is 0 Å². The van der Waals surface area contributed by atoms with E-state index >= 15 is 0 Å². The minimum Gasteiger partial charge on any atom is -0.487 e. The first-order chi connectivity index (χ1) is 18.0. The van der Waals surface area contributed by atoms with Crippen molar-refractivity contribution in [2.24, 2.45) is 0 Å². The molecular weight excluding hydrogens is 472 g/mol. The first-order valence-corrected chi connectivity index (χ1v) is 14.9. The Kier molecular flexibility index (Phi) is 9.15. The first kappa shape index (κ1) is 29.0. The molecule has 4 nitrogen and oxygen atoms in total. The zero-order valence-corrected chi connectivity index (χ0v) is 25.4. The van der Waals surface area contributed by atoms with Gasteiger partial charge in [0.05, 0.1) is 13.2 Å². The van der Waals surface area contributed by atoms with Crippen LogP contribution in [0.15, 0.2) is 24.3 Å². The van der Waals surface area contributed by atoms with Crippen molar-refractivity contribution in [3.8, 4) is 11.5 Å². The molecule has 0 bridgehead atoms. The Morgan fingerprint density at radius 1 is 0.553 bits per heavy atom. The molecule has 4 atom stereocenters. The number of hydrogen-bond acceptors (Lipinski definition) is 4. The summed E-state index contributed by atoms with van der Waals surface area (Å²) in [5, 5.41) is 0. The quantitative estimate of drug-likeness (QED) is 0.248. The summed E-state index contributed by atoms with van der Waals surface area (Å²) in [5.74, 6) is 3.71. The molecular formula is C34H50O4. The SMILES string of the molecule is CC(C)c1cc(CCc2cc(C(C)C)c(OC(C)C3CO3)c(C(C)C)c2)cc(C(C)C)c1OC(C)C1CO1. The van der Waals surface area contributed by atoms with E-state index in [0.29, 0.717) is 23.7 Å². The number of benzene rings is 2. The molecule has 2 heterocycles. The van der Waals surface area contributed by atoms with E-state index in [1.165, 1.54) is 33.4 Å². The second-order valence-electron chi connectivity index (χ2n) is 12.7. The average Bonchev–Trinajstić information content (AvgIpc) is 3.75. The lowest BCUT2D eigenvalue weighted by Gasteiger charge is -2.25. The highest BCUT2D eigenvalue weighted by Gasteiger charge is 2.33. The number of hydrogen-bond donors (Lipinski definition) is 0. The van der Waals surface area contributed by atoms with Gasteiger partial charge in [0, 0.05) is 0 Å². The highest BCUT2D eigenvalue weighted by atomic mass is 16.6. The number of ether oxygens (including phenoxy) is 4. The molecule has 0 saturated carbocycles. The fourth-order valence-corrected chi connectivity index (χ4v) is 5.22. The minimum atomic E-state index is 0.0784. The molecule has 2 fully saturated rings. The zero-order valence-electron chi connectivity index (χ0n) is 25.4. The molecule has 2 aliphatic heterocycles. The van der Waals surface area contributed by atoms with Crippen LogP contribution in [-0.2, 0) is 22.3 Å². The highest BCUT2D eigenvalue weighted by Crippen LogP contribution is 2.40. The molecule has 210 valence electrons. The largest absolute Gasteiger partial charge is 0.487 e. The van der Waals surface area contributed by atoms with E-state index in [0.717, 1.165) is 37.6 Å². The maximum absolute atomic E-state index is 6.54. The lowest BCUT2D eigenvalue weighted by Crippen LogP contribution is -2.21. The molecule has 2 aromatic rings. The summed E-state index contributed by atoms with van der Waals surface area (Å²) in [7, 11) is 0. The van der Waals surface area contributed by atoms with Gasteiger partial charge in [0.2, 0.25) is 0 Å². The monoisotopic (exact) mass is 522 g/mol. The summed E-state index contributed by atoms with van der Waals surface area (Å²) in [5.41, 5.74) is 8.01. The van der Waals surface area contributed by atoms with Crippen molar-refractivity contribution in [1.29, 1.82) is 0 Å². The van der Waals surface area contributed by atoms with Gasteiger partial charge >= 0.3 is 0 Å². The van der Waals surface area contributed by atoms with Gasteiger partial charge in [-0.15, -0.1) is 0 Å². The summed E-state index contributed by atoms with van der Waals surface area (Å²) in [6, 6.07) is 9.53. The van der Waals surface area contributed by atoms with Crippen LogP contribution in [0, 0.1) is 0 Å². The molecule has 4 heteroatoms. The summed E-state index contributed by atoms with van der Waals surface area (Å²) in [6.07, 6.45) is 2.62. The molecule has 4 rings (SSSR count). The van der Waals surface area contributed by atoms with Crippen molar-refractivity contribution in [3.63, 3.8) is 0 Å². The molecule has 2 saturated heterocycles. The third kappa shape index (κ3) is 6.93. The van der Waals surface area contributed by atoms with Crippen molar-refractivity contribution in [2.75, 3.05) is 13.2 Å². The van der Waals surface area contributed by atoms with Gasteiger partial charge in [0.25, 0.3) is 0 Å². The molecule has 0 aromatic heterocycles. The highest BCUT2D eigenvalue weighted by molar-refractivity contribution is 5.50. The summed E-state index contributed by atoms with van der Waals surface area (Å²) >= 11 is 0. The van der Waals surface area contributed by atoms with Gasteiger partial charge in [-0.2, -0.15) is 0 Å². The normalized spacial score (nSPS) is 20.4. The van der Waals surface area contributed by atoms with E-state index in [9.17, 15) is 0 Å². The van der Waals surface area contributed by atoms with Gasteiger partial charge < -0.3 is 18.9 Å². The van der Waals surface area contributed by atoms with Crippen LogP contribution in [0.2, 0.25) is 0 Å². The Labute approximate surface area is 231 Å². The first-order valence-electron chi connectivity index (χ1n) is 14.9. The number of aryl methyl sites for hydroxylation is 2. The maximum atomic E-state index is 6.54.